The SMILES string of the molecule is C[B-][CH+]C[Si]C. The Bertz CT molecular complexity index is 19.5. The molecule has 0 aliphatic rings. The highest BCUT2D eigenvalue weighted by atomic mass is 28.2. The van der Waals surface area contributed by atoms with Gasteiger partial charge in [-0.3, -0.25) is 0 Å². The molecule has 0 aromatic carbocycles. The fourth-order valence-corrected chi connectivity index (χ4v) is 0.707. The van der Waals surface area contributed by atoms with Gasteiger partial charge in [0.2, 0.25) is 0 Å². The van der Waals surface area contributed by atoms with Crippen molar-refractivity contribution in [3.05, 3.63) is 6.32 Å². The van der Waals surface area contributed by atoms with Crippen LogP contribution in [-0.4, -0.2) is 16.8 Å². The normalized spacial score (nSPS) is 8.33. The second kappa shape index (κ2) is 5.15. The van der Waals surface area contributed by atoms with Gasteiger partial charge in [0.25, 0.3) is 0 Å². The van der Waals surface area contributed by atoms with Crippen LogP contribution in [0.25, 0.3) is 0 Å². The number of rotatable bonds is 3. The molecule has 0 atom stereocenters. The maximum atomic E-state index is 2.21. The molecule has 0 heterocycles. The molecule has 0 bridgehead atoms. The van der Waals surface area contributed by atoms with E-state index in [0.717, 1.165) is 9.52 Å². The van der Waals surface area contributed by atoms with Crippen molar-refractivity contribution in [2.75, 3.05) is 0 Å². The van der Waals surface area contributed by atoms with Gasteiger partial charge in [0.1, 0.15) is 0 Å². The molecule has 0 spiro atoms. The molecular weight excluding hydrogens is 86.9 g/mol. The predicted molar refractivity (Wildman–Crippen MR) is 32.3 cm³/mol. The maximum Gasteiger partial charge on any atom is 0.0903 e. The van der Waals surface area contributed by atoms with Gasteiger partial charge in [-0.15, -0.1) is 0 Å². The molecule has 4 radical (unpaired) electrons. The van der Waals surface area contributed by atoms with Crippen LogP contribution < -0.4 is 0 Å². The topological polar surface area (TPSA) is 0 Å². The molecule has 0 aliphatic heterocycles. The van der Waals surface area contributed by atoms with Crippen molar-refractivity contribution in [3.8, 4) is 0 Å². The molecule has 0 aromatic heterocycles. The largest absolute Gasteiger partial charge is 0.200 e. The molecule has 0 rings (SSSR count). The Hall–Kier alpha value is 0.152. The molecule has 0 nitrogen and oxygen atoms in total. The van der Waals surface area contributed by atoms with Crippen molar-refractivity contribution in [2.45, 2.75) is 19.4 Å². The molecule has 0 saturated heterocycles. The van der Waals surface area contributed by atoms with E-state index >= 15 is 0 Å². The van der Waals surface area contributed by atoms with Crippen LogP contribution in [-0.2, 0) is 0 Å². The molecule has 0 N–H and O–H groups in total. The lowest BCUT2D eigenvalue weighted by molar-refractivity contribution is 1.62. The van der Waals surface area contributed by atoms with Crippen molar-refractivity contribution in [1.29, 1.82) is 0 Å². The van der Waals surface area contributed by atoms with E-state index in [2.05, 4.69) is 27.0 Å². The highest BCUT2D eigenvalue weighted by Crippen LogP contribution is 1.80. The van der Waals surface area contributed by atoms with Crippen molar-refractivity contribution >= 4 is 16.8 Å². The zero-order chi connectivity index (χ0) is 4.83. The van der Waals surface area contributed by atoms with Gasteiger partial charge in [0, 0.05) is 6.04 Å². The zero-order valence-corrected chi connectivity index (χ0v) is 5.36. The lowest BCUT2D eigenvalue weighted by Crippen LogP contribution is -1.86. The quantitative estimate of drug-likeness (QED) is 0.280. The first kappa shape index (κ1) is 6.15. The average molecular weight is 96.0 g/mol. The first-order valence-corrected chi connectivity index (χ1v) is 3.88. The molecule has 6 heavy (non-hydrogen) atoms. The standard InChI is InChI=1S/C4H9BSi/c1-5-3-4-6-2/h3H,4H2,1-2H3. The lowest BCUT2D eigenvalue weighted by Gasteiger charge is -1.86. The Kier molecular flexibility index (Phi) is 5.28. The van der Waals surface area contributed by atoms with Gasteiger partial charge >= 0.3 is 0 Å². The average Bonchev–Trinajstić information content (AvgIpc) is 1.61. The van der Waals surface area contributed by atoms with E-state index in [9.17, 15) is 0 Å². The first-order valence-electron chi connectivity index (χ1n) is 2.17. The van der Waals surface area contributed by atoms with Gasteiger partial charge in [-0.2, -0.15) is 13.1 Å². The van der Waals surface area contributed by atoms with Crippen LogP contribution in [0.5, 0.6) is 0 Å². The van der Waals surface area contributed by atoms with E-state index in [1.807, 2.05) is 0 Å². The first-order chi connectivity index (χ1) is 2.91. The predicted octanol–water partition coefficient (Wildman–Crippen LogP) is 1.07. The second-order valence-electron chi connectivity index (χ2n) is 1.13. The summed E-state index contributed by atoms with van der Waals surface area (Å²) in [6, 6.07) is 1.26. The molecule has 0 fully saturated rings. The molecule has 0 amide bonds. The van der Waals surface area contributed by atoms with E-state index in [1.165, 1.54) is 6.04 Å². The van der Waals surface area contributed by atoms with Gasteiger partial charge < -0.3 is 0 Å². The number of hydrogen-bond acceptors (Lipinski definition) is 0. The van der Waals surface area contributed by atoms with Crippen LogP contribution in [0, 0.1) is 6.32 Å². The summed E-state index contributed by atoms with van der Waals surface area (Å²) in [6.07, 6.45) is 2.19. The fraction of sp³-hybridized carbons (Fsp3) is 0.750. The molecule has 0 unspecified atom stereocenters. The minimum atomic E-state index is 1.08. The van der Waals surface area contributed by atoms with Gasteiger partial charge in [-0.25, -0.2) is 0 Å². The van der Waals surface area contributed by atoms with Gasteiger partial charge in [0.05, 0.1) is 9.52 Å². The van der Waals surface area contributed by atoms with Crippen molar-refractivity contribution in [3.63, 3.8) is 0 Å². The van der Waals surface area contributed by atoms with Crippen LogP contribution in [0.1, 0.15) is 0 Å². The molecule has 32 valence electrons. The van der Waals surface area contributed by atoms with Crippen LogP contribution in [0.3, 0.4) is 0 Å². The van der Waals surface area contributed by atoms with Crippen molar-refractivity contribution < 1.29 is 0 Å². The Balaban J connectivity index is 2.34. The Morgan fingerprint density at radius 2 is 2.50 bits per heavy atom. The fourth-order valence-electron chi connectivity index (χ4n) is 0.236. The van der Waals surface area contributed by atoms with Crippen LogP contribution in [0.15, 0.2) is 0 Å². The molecule has 0 aromatic rings. The lowest BCUT2D eigenvalue weighted by atomic mass is 9.79. The summed E-state index contributed by atoms with van der Waals surface area (Å²) in [5, 5.41) is 0. The highest BCUT2D eigenvalue weighted by Gasteiger charge is 1.76. The second-order valence-corrected chi connectivity index (χ2v) is 2.24. The zero-order valence-electron chi connectivity index (χ0n) is 4.36. The molecule has 0 saturated carbocycles. The maximum absolute atomic E-state index is 2.21. The van der Waals surface area contributed by atoms with Crippen molar-refractivity contribution in [2.24, 2.45) is 0 Å². The minimum absolute atomic E-state index is 1.08. The summed E-state index contributed by atoms with van der Waals surface area (Å²) in [4.78, 5) is 0. The smallest absolute Gasteiger partial charge is 0.0903 e. The summed E-state index contributed by atoms with van der Waals surface area (Å²) in [5.74, 6) is 0. The molecule has 2 heteroatoms. The van der Waals surface area contributed by atoms with Gasteiger partial charge in [-0.1, -0.05) is 6.55 Å². The van der Waals surface area contributed by atoms with Crippen LogP contribution in [0.4, 0.5) is 0 Å². The highest BCUT2D eigenvalue weighted by molar-refractivity contribution is 6.44. The van der Waals surface area contributed by atoms with Gasteiger partial charge in [-0.05, 0) is 7.28 Å². The summed E-state index contributed by atoms with van der Waals surface area (Å²) in [6.45, 7) is 4.26. The Morgan fingerprint density at radius 1 is 1.83 bits per heavy atom. The van der Waals surface area contributed by atoms with Crippen molar-refractivity contribution in [1.82, 2.24) is 0 Å². The van der Waals surface area contributed by atoms with Gasteiger partial charge in [0.15, 0.2) is 0 Å². The van der Waals surface area contributed by atoms with E-state index in [1.54, 1.807) is 0 Å². The van der Waals surface area contributed by atoms with E-state index in [0.29, 0.717) is 0 Å². The summed E-state index contributed by atoms with van der Waals surface area (Å²) < 4.78 is 0. The third-order valence-electron chi connectivity index (χ3n) is 0.558. The third-order valence-corrected chi connectivity index (χ3v) is 1.20. The van der Waals surface area contributed by atoms with E-state index in [-0.39, 0.29) is 0 Å². The molecule has 0 aliphatic carbocycles. The monoisotopic (exact) mass is 96.1 g/mol. The van der Waals surface area contributed by atoms with Crippen LogP contribution in [0.2, 0.25) is 19.4 Å². The Morgan fingerprint density at radius 3 is 2.67 bits per heavy atom. The van der Waals surface area contributed by atoms with E-state index in [4.69, 9.17) is 0 Å². The summed E-state index contributed by atoms with van der Waals surface area (Å²) in [5.41, 5.74) is 0. The Labute approximate surface area is 43.4 Å². The summed E-state index contributed by atoms with van der Waals surface area (Å²) >= 11 is 0. The molecular formula is C4H9BSi. The van der Waals surface area contributed by atoms with Crippen LogP contribution >= 0.6 is 0 Å². The summed E-state index contributed by atoms with van der Waals surface area (Å²) in [7, 11) is 3.17. The number of hydrogen-bond donors (Lipinski definition) is 0. The minimum Gasteiger partial charge on any atom is -0.200 e. The third kappa shape index (κ3) is 4.15. The van der Waals surface area contributed by atoms with E-state index < -0.39 is 0 Å².